The summed E-state index contributed by atoms with van der Waals surface area (Å²) in [7, 11) is 0. The van der Waals surface area contributed by atoms with E-state index in [9.17, 15) is 19.5 Å². The van der Waals surface area contributed by atoms with E-state index in [-0.39, 0.29) is 23.7 Å². The van der Waals surface area contributed by atoms with Crippen molar-refractivity contribution in [1.82, 2.24) is 0 Å². The molecule has 0 saturated carbocycles. The molecule has 1 aliphatic heterocycles. The van der Waals surface area contributed by atoms with Gasteiger partial charge < -0.3 is 14.6 Å². The predicted octanol–water partition coefficient (Wildman–Crippen LogP) is 1.88. The average Bonchev–Trinajstić information content (AvgIpc) is 2.77. The van der Waals surface area contributed by atoms with Crippen LogP contribution >= 0.6 is 0 Å². The normalized spacial score (nSPS) is 36.3. The van der Waals surface area contributed by atoms with E-state index in [1.165, 1.54) is 19.1 Å². The van der Waals surface area contributed by atoms with Gasteiger partial charge in [0.15, 0.2) is 5.78 Å². The minimum atomic E-state index is -1.40. The molecule has 1 heterocycles. The zero-order chi connectivity index (χ0) is 18.9. The first-order chi connectivity index (χ1) is 11.5. The lowest BCUT2D eigenvalue weighted by Crippen LogP contribution is -2.40. The Morgan fingerprint density at radius 2 is 2.08 bits per heavy atom. The highest BCUT2D eigenvalue weighted by molar-refractivity contribution is 6.03. The summed E-state index contributed by atoms with van der Waals surface area (Å²) in [6.45, 7) is 10.3. The van der Waals surface area contributed by atoms with E-state index >= 15 is 0 Å². The van der Waals surface area contributed by atoms with Crippen molar-refractivity contribution in [3.63, 3.8) is 0 Å². The molecule has 1 saturated heterocycles. The first-order valence-electron chi connectivity index (χ1n) is 8.26. The van der Waals surface area contributed by atoms with Gasteiger partial charge in [-0.3, -0.25) is 9.59 Å². The summed E-state index contributed by atoms with van der Waals surface area (Å²) in [5.74, 6) is -2.34. The van der Waals surface area contributed by atoms with Crippen LogP contribution in [-0.2, 0) is 23.9 Å². The van der Waals surface area contributed by atoms with Crippen molar-refractivity contribution < 1.29 is 29.0 Å². The van der Waals surface area contributed by atoms with Gasteiger partial charge in [-0.05, 0) is 37.6 Å². The van der Waals surface area contributed by atoms with Crippen LogP contribution in [0.5, 0.6) is 0 Å². The van der Waals surface area contributed by atoms with Gasteiger partial charge in [-0.25, -0.2) is 4.79 Å². The number of ether oxygens (including phenoxy) is 2. The molecule has 1 N–H and O–H groups in total. The van der Waals surface area contributed by atoms with Crippen LogP contribution in [0.15, 0.2) is 36.0 Å². The fourth-order valence-corrected chi connectivity index (χ4v) is 2.90. The first-order valence-corrected chi connectivity index (χ1v) is 8.26. The number of carbonyl (C=O) groups excluding carboxylic acids is 3. The number of ketones is 1. The maximum atomic E-state index is 12.1. The van der Waals surface area contributed by atoms with Crippen LogP contribution in [0.4, 0.5) is 0 Å². The quantitative estimate of drug-likeness (QED) is 0.605. The summed E-state index contributed by atoms with van der Waals surface area (Å²) in [5, 5.41) is 10.6. The standard InChI is InChI=1S/C19H24O6/c1-10(2)17(21)25-15-9-19(5,23)7-6-13(20)11(3)8-14-16(15)12(4)18(22)24-14/h6-8,10,14-16,23H,4,9H2,1-3,5H3/b7-6-,11-8+/t14-,15-,16-,19-/m1/s1. The van der Waals surface area contributed by atoms with Crippen molar-refractivity contribution in [3.8, 4) is 0 Å². The van der Waals surface area contributed by atoms with Gasteiger partial charge in [0.1, 0.15) is 12.2 Å². The van der Waals surface area contributed by atoms with Gasteiger partial charge in [-0.1, -0.05) is 20.4 Å². The Labute approximate surface area is 147 Å². The second kappa shape index (κ2) is 6.96. The lowest BCUT2D eigenvalue weighted by atomic mass is 9.82. The molecule has 0 unspecified atom stereocenters. The Morgan fingerprint density at radius 1 is 1.44 bits per heavy atom. The number of fused-ring (bicyclic) bond motifs is 1. The molecule has 0 spiro atoms. The zero-order valence-corrected chi connectivity index (χ0v) is 14.9. The number of rotatable bonds is 2. The Morgan fingerprint density at radius 3 is 2.68 bits per heavy atom. The van der Waals surface area contributed by atoms with Crippen LogP contribution < -0.4 is 0 Å². The van der Waals surface area contributed by atoms with Gasteiger partial charge in [0.2, 0.25) is 0 Å². The van der Waals surface area contributed by atoms with Gasteiger partial charge in [0.25, 0.3) is 0 Å². The molecule has 0 aromatic heterocycles. The van der Waals surface area contributed by atoms with Gasteiger partial charge in [-0.2, -0.15) is 0 Å². The number of hydrogen-bond donors (Lipinski definition) is 1. The molecule has 1 aliphatic carbocycles. The van der Waals surface area contributed by atoms with Gasteiger partial charge in [0, 0.05) is 12.0 Å². The van der Waals surface area contributed by atoms with Crippen LogP contribution in [0.1, 0.15) is 34.1 Å². The van der Waals surface area contributed by atoms with Crippen LogP contribution in [0.3, 0.4) is 0 Å². The van der Waals surface area contributed by atoms with Crippen LogP contribution in [0, 0.1) is 11.8 Å². The molecule has 4 atom stereocenters. The summed E-state index contributed by atoms with van der Waals surface area (Å²) in [6, 6.07) is 0. The second-order valence-corrected chi connectivity index (χ2v) is 7.16. The van der Waals surface area contributed by atoms with Gasteiger partial charge in [0.05, 0.1) is 17.4 Å². The van der Waals surface area contributed by atoms with Crippen molar-refractivity contribution in [2.45, 2.75) is 51.9 Å². The molecular weight excluding hydrogens is 324 g/mol. The van der Waals surface area contributed by atoms with E-state index in [4.69, 9.17) is 9.47 Å². The molecular formula is C19H24O6. The maximum absolute atomic E-state index is 12.1. The summed E-state index contributed by atoms with van der Waals surface area (Å²) in [6.07, 6.45) is 2.64. The van der Waals surface area contributed by atoms with Crippen molar-refractivity contribution in [3.05, 3.63) is 36.0 Å². The molecule has 0 amide bonds. The molecule has 2 aliphatic rings. The predicted molar refractivity (Wildman–Crippen MR) is 90.4 cm³/mol. The van der Waals surface area contributed by atoms with Crippen LogP contribution in [-0.4, -0.2) is 40.6 Å². The monoisotopic (exact) mass is 348 g/mol. The number of hydrogen-bond acceptors (Lipinski definition) is 6. The van der Waals surface area contributed by atoms with Crippen molar-refractivity contribution >= 4 is 17.7 Å². The fourth-order valence-electron chi connectivity index (χ4n) is 2.90. The molecule has 25 heavy (non-hydrogen) atoms. The summed E-state index contributed by atoms with van der Waals surface area (Å²) in [4.78, 5) is 36.2. The minimum absolute atomic E-state index is 0.0129. The highest BCUT2D eigenvalue weighted by Crippen LogP contribution is 2.37. The van der Waals surface area contributed by atoms with E-state index in [1.54, 1.807) is 26.8 Å². The maximum Gasteiger partial charge on any atom is 0.334 e. The average molecular weight is 348 g/mol. The zero-order valence-electron chi connectivity index (χ0n) is 14.9. The molecule has 2 rings (SSSR count). The first kappa shape index (κ1) is 19.1. The number of esters is 2. The molecule has 0 radical (unpaired) electrons. The van der Waals surface area contributed by atoms with Crippen LogP contribution in [0.25, 0.3) is 0 Å². The Kier molecular flexibility index (Phi) is 5.32. The fraction of sp³-hybridized carbons (Fsp3) is 0.526. The SMILES string of the molecule is C=C1C(=O)O[C@@H]2/C=C(\C)C(=O)/C=C\[C@@](C)(O)C[C@@H](OC(=O)C(C)C)[C@H]12. The second-order valence-electron chi connectivity index (χ2n) is 7.16. The van der Waals surface area contributed by atoms with Gasteiger partial charge in [-0.15, -0.1) is 0 Å². The summed E-state index contributed by atoms with van der Waals surface area (Å²) in [5.41, 5.74) is -0.852. The third kappa shape index (κ3) is 4.25. The van der Waals surface area contributed by atoms with Crippen LogP contribution in [0.2, 0.25) is 0 Å². The third-order valence-corrected chi connectivity index (χ3v) is 4.41. The minimum Gasteiger partial charge on any atom is -0.461 e. The van der Waals surface area contributed by atoms with Crippen molar-refractivity contribution in [2.75, 3.05) is 0 Å². The summed E-state index contributed by atoms with van der Waals surface area (Å²) >= 11 is 0. The lowest BCUT2D eigenvalue weighted by molar-refractivity contribution is -0.158. The van der Waals surface area contributed by atoms with Crippen molar-refractivity contribution in [1.29, 1.82) is 0 Å². The smallest absolute Gasteiger partial charge is 0.334 e. The molecule has 1 fully saturated rings. The Bertz CT molecular complexity index is 667. The Hall–Kier alpha value is -2.21. The lowest BCUT2D eigenvalue weighted by Gasteiger charge is -2.32. The van der Waals surface area contributed by atoms with E-state index in [0.29, 0.717) is 5.57 Å². The molecule has 136 valence electrons. The van der Waals surface area contributed by atoms with E-state index in [0.717, 1.165) is 0 Å². The molecule has 0 bridgehead atoms. The molecule has 0 aromatic rings. The highest BCUT2D eigenvalue weighted by atomic mass is 16.6. The highest BCUT2D eigenvalue weighted by Gasteiger charge is 2.46. The molecule has 6 nitrogen and oxygen atoms in total. The summed E-state index contributed by atoms with van der Waals surface area (Å²) < 4.78 is 10.9. The third-order valence-electron chi connectivity index (χ3n) is 4.41. The van der Waals surface area contributed by atoms with E-state index in [2.05, 4.69) is 6.58 Å². The van der Waals surface area contributed by atoms with E-state index < -0.39 is 35.7 Å². The van der Waals surface area contributed by atoms with E-state index in [1.807, 2.05) is 0 Å². The Balaban J connectivity index is 2.49. The molecule has 6 heteroatoms. The molecule has 0 aromatic carbocycles. The topological polar surface area (TPSA) is 89.9 Å². The van der Waals surface area contributed by atoms with Gasteiger partial charge >= 0.3 is 11.9 Å². The number of aliphatic hydroxyl groups is 1. The largest absolute Gasteiger partial charge is 0.461 e. The number of allylic oxidation sites excluding steroid dienone is 2. The number of carbonyl (C=O) groups is 3. The van der Waals surface area contributed by atoms with Crippen molar-refractivity contribution in [2.24, 2.45) is 11.8 Å².